The molecule has 0 saturated carbocycles. The quantitative estimate of drug-likeness (QED) is 0.585. The number of carbonyl (C=O) groups excluding carboxylic acids is 1. The summed E-state index contributed by atoms with van der Waals surface area (Å²) in [5.74, 6) is 1.06. The standard InChI is InChI=1S/C25H36N2O3/c1-7-29-23-15-20(16-26-19(3)25(4,5)6)13-14-22(23)30-17-24(28)27-18(2)21-11-9-8-10-12-21/h8-15,18-19,26H,7,16-17H2,1-6H3,(H,27,28)/t18-,19+/m1/s1. The molecule has 0 unspecified atom stereocenters. The summed E-state index contributed by atoms with van der Waals surface area (Å²) in [6.07, 6.45) is 0. The highest BCUT2D eigenvalue weighted by Crippen LogP contribution is 2.29. The Bertz CT molecular complexity index is 800. The highest BCUT2D eigenvalue weighted by molar-refractivity contribution is 5.78. The summed E-state index contributed by atoms with van der Waals surface area (Å²) in [4.78, 5) is 12.3. The van der Waals surface area contributed by atoms with E-state index in [9.17, 15) is 4.79 Å². The fraction of sp³-hybridized carbons (Fsp3) is 0.480. The topological polar surface area (TPSA) is 59.6 Å². The molecular formula is C25H36N2O3. The normalized spacial score (nSPS) is 13.4. The summed E-state index contributed by atoms with van der Waals surface area (Å²) in [6, 6.07) is 16.0. The predicted molar refractivity (Wildman–Crippen MR) is 122 cm³/mol. The van der Waals surface area contributed by atoms with Crippen molar-refractivity contribution >= 4 is 5.91 Å². The minimum absolute atomic E-state index is 0.0596. The van der Waals surface area contributed by atoms with Crippen LogP contribution in [0.25, 0.3) is 0 Å². The summed E-state index contributed by atoms with van der Waals surface area (Å²) >= 11 is 0. The molecule has 0 bridgehead atoms. The number of ether oxygens (including phenoxy) is 2. The number of rotatable bonds is 10. The zero-order valence-corrected chi connectivity index (χ0v) is 19.1. The van der Waals surface area contributed by atoms with Gasteiger partial charge in [-0.25, -0.2) is 0 Å². The maximum atomic E-state index is 12.3. The van der Waals surface area contributed by atoms with E-state index >= 15 is 0 Å². The van der Waals surface area contributed by atoms with E-state index in [2.05, 4.69) is 38.3 Å². The van der Waals surface area contributed by atoms with Crippen LogP contribution in [0.4, 0.5) is 0 Å². The summed E-state index contributed by atoms with van der Waals surface area (Å²) < 4.78 is 11.5. The molecule has 2 aromatic carbocycles. The molecule has 0 radical (unpaired) electrons. The molecule has 5 nitrogen and oxygen atoms in total. The van der Waals surface area contributed by atoms with Gasteiger partial charge >= 0.3 is 0 Å². The van der Waals surface area contributed by atoms with Gasteiger partial charge in [-0.2, -0.15) is 0 Å². The van der Waals surface area contributed by atoms with Crippen LogP contribution in [0.3, 0.4) is 0 Å². The molecule has 0 heterocycles. The van der Waals surface area contributed by atoms with Crippen LogP contribution in [-0.2, 0) is 11.3 Å². The second kappa shape index (κ2) is 11.0. The largest absolute Gasteiger partial charge is 0.490 e. The van der Waals surface area contributed by atoms with E-state index in [1.165, 1.54) is 0 Å². The number of benzene rings is 2. The molecule has 0 aliphatic heterocycles. The van der Waals surface area contributed by atoms with Gasteiger partial charge in [0.2, 0.25) is 0 Å². The molecule has 1 amide bonds. The monoisotopic (exact) mass is 412 g/mol. The van der Waals surface area contributed by atoms with E-state index < -0.39 is 0 Å². The number of amides is 1. The fourth-order valence-electron chi connectivity index (χ4n) is 2.88. The Morgan fingerprint density at radius 3 is 2.33 bits per heavy atom. The fourth-order valence-corrected chi connectivity index (χ4v) is 2.88. The molecule has 30 heavy (non-hydrogen) atoms. The van der Waals surface area contributed by atoms with Crippen molar-refractivity contribution in [2.45, 2.75) is 60.2 Å². The summed E-state index contributed by atoms with van der Waals surface area (Å²) in [5, 5.41) is 6.52. The van der Waals surface area contributed by atoms with Gasteiger partial charge in [0.1, 0.15) is 0 Å². The van der Waals surface area contributed by atoms with Crippen LogP contribution < -0.4 is 20.1 Å². The molecule has 2 rings (SSSR count). The molecule has 2 atom stereocenters. The highest BCUT2D eigenvalue weighted by Gasteiger charge is 2.19. The molecule has 0 aromatic heterocycles. The molecule has 2 aromatic rings. The Morgan fingerprint density at radius 1 is 1.00 bits per heavy atom. The van der Waals surface area contributed by atoms with Crippen LogP contribution in [-0.4, -0.2) is 25.2 Å². The molecule has 0 aliphatic carbocycles. The minimum Gasteiger partial charge on any atom is -0.490 e. The Hall–Kier alpha value is -2.53. The van der Waals surface area contributed by atoms with Crippen molar-refractivity contribution in [1.29, 1.82) is 0 Å². The van der Waals surface area contributed by atoms with E-state index in [1.807, 2.05) is 62.4 Å². The molecule has 0 saturated heterocycles. The zero-order valence-electron chi connectivity index (χ0n) is 19.1. The lowest BCUT2D eigenvalue weighted by molar-refractivity contribution is -0.123. The average Bonchev–Trinajstić information content (AvgIpc) is 2.71. The van der Waals surface area contributed by atoms with Crippen molar-refractivity contribution < 1.29 is 14.3 Å². The Kier molecular flexibility index (Phi) is 8.72. The molecule has 0 spiro atoms. The van der Waals surface area contributed by atoms with Crippen molar-refractivity contribution in [2.75, 3.05) is 13.2 Å². The van der Waals surface area contributed by atoms with Crippen LogP contribution in [0.1, 0.15) is 58.7 Å². The third-order valence-electron chi connectivity index (χ3n) is 5.26. The van der Waals surface area contributed by atoms with Crippen molar-refractivity contribution in [3.05, 3.63) is 59.7 Å². The van der Waals surface area contributed by atoms with E-state index in [0.29, 0.717) is 24.1 Å². The molecule has 0 fully saturated rings. The smallest absolute Gasteiger partial charge is 0.258 e. The molecule has 5 heteroatoms. The summed E-state index contributed by atoms with van der Waals surface area (Å²) in [6.45, 7) is 14.0. The van der Waals surface area contributed by atoms with Gasteiger partial charge in [0.15, 0.2) is 18.1 Å². The van der Waals surface area contributed by atoms with Crippen LogP contribution in [0.2, 0.25) is 0 Å². The number of hydrogen-bond donors (Lipinski definition) is 2. The van der Waals surface area contributed by atoms with Gasteiger partial charge in [-0.15, -0.1) is 0 Å². The number of carbonyl (C=O) groups is 1. The van der Waals surface area contributed by atoms with Crippen LogP contribution in [0.15, 0.2) is 48.5 Å². The number of hydrogen-bond acceptors (Lipinski definition) is 4. The van der Waals surface area contributed by atoms with Crippen LogP contribution >= 0.6 is 0 Å². The molecule has 164 valence electrons. The predicted octanol–water partition coefficient (Wildman–Crippen LogP) is 4.87. The zero-order chi connectivity index (χ0) is 22.1. The van der Waals surface area contributed by atoms with Crippen LogP contribution in [0.5, 0.6) is 11.5 Å². The lowest BCUT2D eigenvalue weighted by Gasteiger charge is -2.28. The first-order valence-corrected chi connectivity index (χ1v) is 10.7. The van der Waals surface area contributed by atoms with E-state index in [0.717, 1.165) is 17.7 Å². The van der Waals surface area contributed by atoms with Gasteiger partial charge in [-0.1, -0.05) is 57.2 Å². The van der Waals surface area contributed by atoms with Crippen molar-refractivity contribution in [1.82, 2.24) is 10.6 Å². The van der Waals surface area contributed by atoms with Gasteiger partial charge < -0.3 is 20.1 Å². The lowest BCUT2D eigenvalue weighted by atomic mass is 9.88. The first-order valence-electron chi connectivity index (χ1n) is 10.7. The third-order valence-corrected chi connectivity index (χ3v) is 5.26. The highest BCUT2D eigenvalue weighted by atomic mass is 16.5. The second-order valence-electron chi connectivity index (χ2n) is 8.67. The van der Waals surface area contributed by atoms with Crippen LogP contribution in [0, 0.1) is 5.41 Å². The molecule has 0 aliphatic rings. The number of nitrogens with one attached hydrogen (secondary N) is 2. The van der Waals surface area contributed by atoms with Gasteiger partial charge in [-0.3, -0.25) is 4.79 Å². The summed E-state index contributed by atoms with van der Waals surface area (Å²) in [7, 11) is 0. The Labute approximate surface area is 181 Å². The average molecular weight is 413 g/mol. The molecular weight excluding hydrogens is 376 g/mol. The maximum absolute atomic E-state index is 12.3. The first kappa shape index (κ1) is 23.7. The van der Waals surface area contributed by atoms with Crippen molar-refractivity contribution in [3.63, 3.8) is 0 Å². The van der Waals surface area contributed by atoms with E-state index in [-0.39, 0.29) is 24.0 Å². The van der Waals surface area contributed by atoms with E-state index in [4.69, 9.17) is 9.47 Å². The first-order chi connectivity index (χ1) is 14.2. The Morgan fingerprint density at radius 2 is 1.70 bits per heavy atom. The second-order valence-corrected chi connectivity index (χ2v) is 8.67. The van der Waals surface area contributed by atoms with Gasteiger partial charge in [-0.05, 0) is 49.4 Å². The van der Waals surface area contributed by atoms with Crippen molar-refractivity contribution in [2.24, 2.45) is 5.41 Å². The van der Waals surface area contributed by atoms with Gasteiger partial charge in [0.05, 0.1) is 12.6 Å². The maximum Gasteiger partial charge on any atom is 0.258 e. The van der Waals surface area contributed by atoms with Gasteiger partial charge in [0.25, 0.3) is 5.91 Å². The lowest BCUT2D eigenvalue weighted by Crippen LogP contribution is -2.37. The van der Waals surface area contributed by atoms with E-state index in [1.54, 1.807) is 0 Å². The van der Waals surface area contributed by atoms with Gasteiger partial charge in [0, 0.05) is 12.6 Å². The Balaban J connectivity index is 1.95. The summed E-state index contributed by atoms with van der Waals surface area (Å²) in [5.41, 5.74) is 2.36. The molecule has 2 N–H and O–H groups in total. The minimum atomic E-state index is -0.168. The van der Waals surface area contributed by atoms with Crippen molar-refractivity contribution in [3.8, 4) is 11.5 Å². The SMILES string of the molecule is CCOc1cc(CN[C@@H](C)C(C)(C)C)ccc1OCC(=O)N[C@H](C)c1ccccc1. The third kappa shape index (κ3) is 7.38.